The van der Waals surface area contributed by atoms with Gasteiger partial charge in [-0.2, -0.15) is 0 Å². The highest BCUT2D eigenvalue weighted by atomic mass is 32.3. The molecule has 1 amide bonds. The quantitative estimate of drug-likeness (QED) is 0.0144. The summed E-state index contributed by atoms with van der Waals surface area (Å²) in [4.78, 5) is 66.9. The van der Waals surface area contributed by atoms with E-state index in [0.29, 0.717) is 24.2 Å². The van der Waals surface area contributed by atoms with Gasteiger partial charge in [0.25, 0.3) is 5.91 Å². The summed E-state index contributed by atoms with van der Waals surface area (Å²) in [5.41, 5.74) is -2.18. The van der Waals surface area contributed by atoms with Crippen molar-refractivity contribution in [3.05, 3.63) is 36.5 Å². The van der Waals surface area contributed by atoms with Crippen LogP contribution in [0.4, 0.5) is 0 Å². The molecule has 16 heteroatoms. The molecule has 2 atom stereocenters. The SMILES string of the molecule is CCCCCCCC/C=C\CCCCCCCC(=O)OCC(COC(=O)CCCCCCC/C=C\CCCCCCCC)(COC(=O)CCCCCCC/C=C\CCCCCCCC)N(CCS(O)(O)O)C(=O)C(O)C(O)C(=O)O. The third kappa shape index (κ3) is 46.2. The summed E-state index contributed by atoms with van der Waals surface area (Å²) in [6, 6.07) is 0. The van der Waals surface area contributed by atoms with Crippen LogP contribution in [0.1, 0.15) is 290 Å². The van der Waals surface area contributed by atoms with Crippen LogP contribution in [-0.4, -0.2) is 114 Å². The van der Waals surface area contributed by atoms with E-state index in [2.05, 4.69) is 57.2 Å². The number of carboxylic acid groups (broad SMARTS) is 1. The summed E-state index contributed by atoms with van der Waals surface area (Å²) in [6.45, 7) is 3.41. The van der Waals surface area contributed by atoms with Crippen LogP contribution in [0.2, 0.25) is 0 Å². The van der Waals surface area contributed by atoms with Crippen LogP contribution in [-0.2, 0) is 38.2 Å². The molecular formula is C64H117NO14S. The fourth-order valence-corrected chi connectivity index (χ4v) is 9.89. The predicted octanol–water partition coefficient (Wildman–Crippen LogP) is 16.3. The number of allylic oxidation sites excluding steroid dienone is 6. The zero-order valence-corrected chi connectivity index (χ0v) is 51.5. The van der Waals surface area contributed by atoms with Crippen molar-refractivity contribution in [1.82, 2.24) is 4.90 Å². The minimum absolute atomic E-state index is 0.0236. The molecule has 0 aromatic rings. The number of ether oxygens (including phenoxy) is 3. The van der Waals surface area contributed by atoms with Crippen molar-refractivity contribution in [1.29, 1.82) is 0 Å². The number of carbonyl (C=O) groups excluding carboxylic acids is 4. The van der Waals surface area contributed by atoms with Crippen LogP contribution in [0.25, 0.3) is 0 Å². The Hall–Kier alpha value is -3.28. The summed E-state index contributed by atoms with van der Waals surface area (Å²) in [5.74, 6) is -6.49. The fourth-order valence-electron chi connectivity index (χ4n) is 9.46. The minimum atomic E-state index is -4.36. The molecule has 0 saturated heterocycles. The van der Waals surface area contributed by atoms with E-state index in [4.69, 9.17) is 14.2 Å². The normalized spacial score (nSPS) is 13.1. The molecule has 0 saturated carbocycles. The van der Waals surface area contributed by atoms with Gasteiger partial charge in [0.05, 0.1) is 16.6 Å². The monoisotopic (exact) mass is 1160 g/mol. The van der Waals surface area contributed by atoms with Crippen LogP contribution < -0.4 is 0 Å². The van der Waals surface area contributed by atoms with Gasteiger partial charge in [0.15, 0.2) is 12.2 Å². The number of carbonyl (C=O) groups is 5. The van der Waals surface area contributed by atoms with Gasteiger partial charge in [-0.25, -0.2) is 4.79 Å². The summed E-state index contributed by atoms with van der Waals surface area (Å²) in [6.07, 6.45) is 49.6. The first-order chi connectivity index (χ1) is 38.6. The highest BCUT2D eigenvalue weighted by molar-refractivity contribution is 8.19. The van der Waals surface area contributed by atoms with Gasteiger partial charge in [-0.05, 0) is 96.3 Å². The zero-order valence-electron chi connectivity index (χ0n) is 50.7. The van der Waals surface area contributed by atoms with Crippen molar-refractivity contribution < 1.29 is 67.2 Å². The van der Waals surface area contributed by atoms with Crippen molar-refractivity contribution in [3.8, 4) is 0 Å². The lowest BCUT2D eigenvalue weighted by atomic mass is 9.97. The van der Waals surface area contributed by atoms with E-state index in [-0.39, 0.29) is 19.3 Å². The number of aliphatic hydroxyl groups excluding tert-OH is 2. The molecular weight excluding hydrogens is 1040 g/mol. The highest BCUT2D eigenvalue weighted by Gasteiger charge is 2.48. The zero-order chi connectivity index (χ0) is 59.2. The van der Waals surface area contributed by atoms with Crippen molar-refractivity contribution in [2.75, 3.05) is 32.1 Å². The van der Waals surface area contributed by atoms with Crippen LogP contribution in [0.15, 0.2) is 36.5 Å². The third-order valence-electron chi connectivity index (χ3n) is 14.7. The van der Waals surface area contributed by atoms with Gasteiger partial charge in [-0.3, -0.25) is 19.2 Å². The van der Waals surface area contributed by atoms with E-state index < -0.39 is 90.5 Å². The van der Waals surface area contributed by atoms with Gasteiger partial charge in [0.1, 0.15) is 25.4 Å². The van der Waals surface area contributed by atoms with Gasteiger partial charge < -0.3 is 48.1 Å². The standard InChI is InChI=1S/C64H117NO14S/c1-4-7-10-13-16-19-22-25-28-31-34-37-40-43-46-49-57(66)77-54-64(65(52-53-80(74,75)76)62(71)60(69)61(70)63(72)73,55-78-58(67)50-47-44-41-38-35-32-29-26-23-20-17-14-11-8-5-2)56-79-59(68)51-48-45-42-39-36-33-30-27-24-21-18-15-12-9-6-3/h25-30,60-61,69-70,74-76H,4-24,31-56H2,1-3H3,(H,72,73)/b28-25-,29-26-,30-27-. The number of hydrogen-bond donors (Lipinski definition) is 6. The summed E-state index contributed by atoms with van der Waals surface area (Å²) in [5, 5.41) is 30.8. The lowest BCUT2D eigenvalue weighted by Gasteiger charge is -2.43. The molecule has 2 unspecified atom stereocenters. The van der Waals surface area contributed by atoms with Crippen LogP contribution in [0.5, 0.6) is 0 Å². The van der Waals surface area contributed by atoms with Crippen LogP contribution in [0, 0.1) is 0 Å². The lowest BCUT2D eigenvalue weighted by molar-refractivity contribution is -0.179. The van der Waals surface area contributed by atoms with Gasteiger partial charge >= 0.3 is 23.9 Å². The molecule has 0 aromatic carbocycles. The second kappa shape index (κ2) is 53.7. The number of unbranched alkanes of at least 4 members (excludes halogenated alkanes) is 33. The van der Waals surface area contributed by atoms with Gasteiger partial charge in [0.2, 0.25) is 0 Å². The molecule has 0 spiro atoms. The molecule has 0 aliphatic carbocycles. The Kier molecular flexibility index (Phi) is 51.5. The van der Waals surface area contributed by atoms with E-state index in [0.717, 1.165) is 116 Å². The molecule has 6 N–H and O–H groups in total. The Morgan fingerprint density at radius 3 is 0.900 bits per heavy atom. The smallest absolute Gasteiger partial charge is 0.335 e. The van der Waals surface area contributed by atoms with Crippen LogP contribution in [0.3, 0.4) is 0 Å². The number of amides is 1. The maximum Gasteiger partial charge on any atom is 0.335 e. The van der Waals surface area contributed by atoms with Crippen molar-refractivity contribution in [2.45, 2.75) is 308 Å². The molecule has 0 aromatic heterocycles. The molecule has 80 heavy (non-hydrogen) atoms. The molecule has 0 aliphatic heterocycles. The highest BCUT2D eigenvalue weighted by Crippen LogP contribution is 2.34. The number of aliphatic hydroxyl groups is 2. The molecule has 0 fully saturated rings. The minimum Gasteiger partial charge on any atom is -0.479 e. The summed E-state index contributed by atoms with van der Waals surface area (Å²) in [7, 11) is -4.36. The van der Waals surface area contributed by atoms with E-state index in [1.165, 1.54) is 116 Å². The van der Waals surface area contributed by atoms with E-state index in [1.54, 1.807) is 0 Å². The molecule has 0 radical (unpaired) electrons. The summed E-state index contributed by atoms with van der Waals surface area (Å²) < 4.78 is 47.5. The summed E-state index contributed by atoms with van der Waals surface area (Å²) >= 11 is 0. The Morgan fingerprint density at radius 1 is 0.400 bits per heavy atom. The number of hydrogen-bond acceptors (Lipinski definition) is 13. The average molecular weight is 1160 g/mol. The predicted molar refractivity (Wildman–Crippen MR) is 326 cm³/mol. The van der Waals surface area contributed by atoms with E-state index >= 15 is 0 Å². The topological polar surface area (TPSA) is 238 Å². The molecule has 468 valence electrons. The fraction of sp³-hybridized carbons (Fsp3) is 0.828. The Labute approximate surface area is 487 Å². The van der Waals surface area contributed by atoms with Crippen molar-refractivity contribution in [2.24, 2.45) is 0 Å². The number of rotatable bonds is 58. The Bertz CT molecular complexity index is 1480. The van der Waals surface area contributed by atoms with Gasteiger partial charge in [0, 0.05) is 25.8 Å². The Morgan fingerprint density at radius 2 is 0.650 bits per heavy atom. The Balaban J connectivity index is 6.00. The number of nitrogens with zero attached hydrogens (tertiary/aromatic N) is 1. The third-order valence-corrected chi connectivity index (χ3v) is 15.4. The first kappa shape index (κ1) is 76.7. The molecule has 0 bridgehead atoms. The van der Waals surface area contributed by atoms with Gasteiger partial charge in [-0.1, -0.05) is 211 Å². The number of esters is 3. The first-order valence-electron chi connectivity index (χ1n) is 31.9. The van der Waals surface area contributed by atoms with Crippen molar-refractivity contribution in [3.63, 3.8) is 0 Å². The van der Waals surface area contributed by atoms with Crippen LogP contribution >= 0.6 is 10.9 Å². The molecule has 0 heterocycles. The molecule has 0 rings (SSSR count). The largest absolute Gasteiger partial charge is 0.479 e. The number of carboxylic acids is 1. The maximum atomic E-state index is 14.2. The lowest BCUT2D eigenvalue weighted by Crippen LogP contribution is -2.65. The molecule has 15 nitrogen and oxygen atoms in total. The van der Waals surface area contributed by atoms with Crippen molar-refractivity contribution >= 4 is 40.7 Å². The first-order valence-corrected chi connectivity index (χ1v) is 33.6. The van der Waals surface area contributed by atoms with E-state index in [1.807, 2.05) is 0 Å². The molecule has 0 aliphatic rings. The second-order valence-electron chi connectivity index (χ2n) is 22.3. The maximum absolute atomic E-state index is 14.2. The number of aliphatic carboxylic acids is 1. The van der Waals surface area contributed by atoms with Gasteiger partial charge in [-0.15, -0.1) is 0 Å². The average Bonchev–Trinajstić information content (AvgIpc) is 3.45. The second-order valence-corrected chi connectivity index (χ2v) is 23.9. The van der Waals surface area contributed by atoms with E-state index in [9.17, 15) is 53.0 Å².